The topological polar surface area (TPSA) is 58.6 Å². The van der Waals surface area contributed by atoms with Crippen LogP contribution in [0, 0.1) is 6.92 Å². The standard InChI is InChI=1S/C13H18ClNO3/c1-9-7-11(12(18-2)8-10(9)14)15-6-4-3-5-13(16)17/h7-8,15H,3-6H2,1-2H3,(H,16,17). The number of methoxy groups -OCH3 is 1. The Morgan fingerprint density at radius 3 is 2.78 bits per heavy atom. The Balaban J connectivity index is 2.51. The van der Waals surface area contributed by atoms with E-state index in [0.717, 1.165) is 17.7 Å². The maximum absolute atomic E-state index is 10.4. The van der Waals surface area contributed by atoms with Gasteiger partial charge in [0.15, 0.2) is 0 Å². The number of halogens is 1. The monoisotopic (exact) mass is 271 g/mol. The number of hydrogen-bond donors (Lipinski definition) is 2. The van der Waals surface area contributed by atoms with Crippen LogP contribution in [0.1, 0.15) is 24.8 Å². The number of carboxylic acid groups (broad SMARTS) is 1. The number of anilines is 1. The minimum Gasteiger partial charge on any atom is -0.495 e. The fraction of sp³-hybridized carbons (Fsp3) is 0.462. The van der Waals surface area contributed by atoms with E-state index in [1.54, 1.807) is 13.2 Å². The zero-order valence-electron chi connectivity index (χ0n) is 10.6. The Morgan fingerprint density at radius 2 is 2.17 bits per heavy atom. The highest BCUT2D eigenvalue weighted by molar-refractivity contribution is 6.31. The van der Waals surface area contributed by atoms with Gasteiger partial charge in [-0.15, -0.1) is 0 Å². The first-order valence-corrected chi connectivity index (χ1v) is 6.22. The average molecular weight is 272 g/mol. The lowest BCUT2D eigenvalue weighted by atomic mass is 10.2. The molecular weight excluding hydrogens is 254 g/mol. The number of aryl methyl sites for hydroxylation is 1. The summed E-state index contributed by atoms with van der Waals surface area (Å²) in [5.74, 6) is -0.0567. The van der Waals surface area contributed by atoms with E-state index in [9.17, 15) is 4.79 Å². The molecule has 0 aromatic heterocycles. The second kappa shape index (κ2) is 7.11. The van der Waals surface area contributed by atoms with Crippen LogP contribution in [0.2, 0.25) is 5.02 Å². The molecule has 4 nitrogen and oxygen atoms in total. The fourth-order valence-corrected chi connectivity index (χ4v) is 1.75. The molecule has 1 aromatic rings. The lowest BCUT2D eigenvalue weighted by Crippen LogP contribution is -2.05. The number of carboxylic acids is 1. The molecule has 0 amide bonds. The highest BCUT2D eigenvalue weighted by Crippen LogP contribution is 2.30. The van der Waals surface area contributed by atoms with Crippen molar-refractivity contribution in [3.63, 3.8) is 0 Å². The maximum atomic E-state index is 10.4. The molecule has 0 aliphatic rings. The minimum absolute atomic E-state index is 0.207. The normalized spacial score (nSPS) is 10.2. The van der Waals surface area contributed by atoms with Gasteiger partial charge in [-0.3, -0.25) is 4.79 Å². The SMILES string of the molecule is COc1cc(Cl)c(C)cc1NCCCCC(=O)O. The second-order valence-corrected chi connectivity index (χ2v) is 4.49. The summed E-state index contributed by atoms with van der Waals surface area (Å²) in [6.45, 7) is 2.64. The van der Waals surface area contributed by atoms with Crippen LogP contribution >= 0.6 is 11.6 Å². The van der Waals surface area contributed by atoms with Gasteiger partial charge in [-0.1, -0.05) is 11.6 Å². The molecule has 0 saturated heterocycles. The Labute approximate surface area is 112 Å². The summed E-state index contributed by atoms with van der Waals surface area (Å²) in [6, 6.07) is 3.70. The summed E-state index contributed by atoms with van der Waals surface area (Å²) in [7, 11) is 1.59. The van der Waals surface area contributed by atoms with Crippen LogP contribution in [0.4, 0.5) is 5.69 Å². The van der Waals surface area contributed by atoms with Gasteiger partial charge in [0.25, 0.3) is 0 Å². The van der Waals surface area contributed by atoms with Gasteiger partial charge in [0.1, 0.15) is 5.75 Å². The third-order valence-corrected chi connectivity index (χ3v) is 3.02. The van der Waals surface area contributed by atoms with E-state index >= 15 is 0 Å². The lowest BCUT2D eigenvalue weighted by molar-refractivity contribution is -0.137. The number of ether oxygens (including phenoxy) is 1. The summed E-state index contributed by atoms with van der Waals surface area (Å²) in [5.41, 5.74) is 1.86. The van der Waals surface area contributed by atoms with Crippen molar-refractivity contribution in [2.24, 2.45) is 0 Å². The zero-order valence-corrected chi connectivity index (χ0v) is 11.4. The molecule has 0 bridgehead atoms. The molecule has 0 atom stereocenters. The number of benzene rings is 1. The van der Waals surface area contributed by atoms with E-state index in [-0.39, 0.29) is 6.42 Å². The summed E-state index contributed by atoms with van der Waals surface area (Å²) in [5, 5.41) is 12.4. The van der Waals surface area contributed by atoms with E-state index in [0.29, 0.717) is 23.7 Å². The van der Waals surface area contributed by atoms with Crippen molar-refractivity contribution in [3.05, 3.63) is 22.7 Å². The third kappa shape index (κ3) is 4.45. The third-order valence-electron chi connectivity index (χ3n) is 2.61. The van der Waals surface area contributed by atoms with Crippen molar-refractivity contribution in [1.82, 2.24) is 0 Å². The number of unbranched alkanes of at least 4 members (excludes halogenated alkanes) is 1. The molecule has 0 radical (unpaired) electrons. The number of nitrogens with one attached hydrogen (secondary N) is 1. The highest BCUT2D eigenvalue weighted by atomic mass is 35.5. The van der Waals surface area contributed by atoms with Gasteiger partial charge in [-0.2, -0.15) is 0 Å². The van der Waals surface area contributed by atoms with Crippen LogP contribution in [0.15, 0.2) is 12.1 Å². The van der Waals surface area contributed by atoms with Crippen LogP contribution in [0.25, 0.3) is 0 Å². The fourth-order valence-electron chi connectivity index (χ4n) is 1.59. The summed E-state index contributed by atoms with van der Waals surface area (Å²) >= 11 is 6.01. The molecule has 0 aliphatic heterocycles. The van der Waals surface area contributed by atoms with E-state index in [1.807, 2.05) is 13.0 Å². The van der Waals surface area contributed by atoms with Gasteiger partial charge in [0, 0.05) is 24.1 Å². The summed E-state index contributed by atoms with van der Waals surface area (Å²) < 4.78 is 5.24. The molecule has 0 saturated carbocycles. The number of aliphatic carboxylic acids is 1. The van der Waals surface area contributed by atoms with Crippen molar-refractivity contribution >= 4 is 23.3 Å². The van der Waals surface area contributed by atoms with E-state index in [4.69, 9.17) is 21.4 Å². The molecule has 18 heavy (non-hydrogen) atoms. The van der Waals surface area contributed by atoms with Crippen molar-refractivity contribution in [2.45, 2.75) is 26.2 Å². The van der Waals surface area contributed by atoms with Crippen molar-refractivity contribution < 1.29 is 14.6 Å². The molecule has 0 unspecified atom stereocenters. The van der Waals surface area contributed by atoms with Gasteiger partial charge in [0.05, 0.1) is 12.8 Å². The molecular formula is C13H18ClNO3. The molecule has 5 heteroatoms. The molecule has 2 N–H and O–H groups in total. The Hall–Kier alpha value is -1.42. The van der Waals surface area contributed by atoms with Crippen molar-refractivity contribution in [1.29, 1.82) is 0 Å². The van der Waals surface area contributed by atoms with E-state index in [1.165, 1.54) is 0 Å². The minimum atomic E-state index is -0.755. The lowest BCUT2D eigenvalue weighted by Gasteiger charge is -2.12. The molecule has 1 aromatic carbocycles. The molecule has 0 fully saturated rings. The first-order chi connectivity index (χ1) is 8.54. The highest BCUT2D eigenvalue weighted by Gasteiger charge is 2.06. The van der Waals surface area contributed by atoms with Crippen LogP contribution in [0.3, 0.4) is 0 Å². The van der Waals surface area contributed by atoms with Gasteiger partial charge < -0.3 is 15.2 Å². The maximum Gasteiger partial charge on any atom is 0.303 e. The van der Waals surface area contributed by atoms with Crippen LogP contribution in [0.5, 0.6) is 5.75 Å². The van der Waals surface area contributed by atoms with Gasteiger partial charge in [0.2, 0.25) is 0 Å². The largest absolute Gasteiger partial charge is 0.495 e. The number of hydrogen-bond acceptors (Lipinski definition) is 3. The quantitative estimate of drug-likeness (QED) is 0.747. The zero-order chi connectivity index (χ0) is 13.5. The number of carbonyl (C=O) groups is 1. The Bertz CT molecular complexity index is 421. The molecule has 0 heterocycles. The predicted molar refractivity (Wildman–Crippen MR) is 72.7 cm³/mol. The van der Waals surface area contributed by atoms with Crippen LogP contribution in [-0.4, -0.2) is 24.7 Å². The number of rotatable bonds is 7. The smallest absolute Gasteiger partial charge is 0.303 e. The Morgan fingerprint density at radius 1 is 1.44 bits per heavy atom. The van der Waals surface area contributed by atoms with E-state index < -0.39 is 5.97 Å². The first-order valence-electron chi connectivity index (χ1n) is 5.84. The summed E-state index contributed by atoms with van der Waals surface area (Å²) in [6.07, 6.45) is 1.67. The second-order valence-electron chi connectivity index (χ2n) is 4.08. The van der Waals surface area contributed by atoms with Crippen molar-refractivity contribution in [3.8, 4) is 5.75 Å². The summed E-state index contributed by atoms with van der Waals surface area (Å²) in [4.78, 5) is 10.4. The Kier molecular flexibility index (Phi) is 5.78. The van der Waals surface area contributed by atoms with Gasteiger partial charge in [-0.05, 0) is 31.4 Å². The molecule has 100 valence electrons. The van der Waals surface area contributed by atoms with Crippen molar-refractivity contribution in [2.75, 3.05) is 19.0 Å². The molecule has 0 aliphatic carbocycles. The molecule has 1 rings (SSSR count). The van der Waals surface area contributed by atoms with Crippen LogP contribution in [-0.2, 0) is 4.79 Å². The first kappa shape index (κ1) is 14.6. The van der Waals surface area contributed by atoms with Gasteiger partial charge >= 0.3 is 5.97 Å². The van der Waals surface area contributed by atoms with Gasteiger partial charge in [-0.25, -0.2) is 0 Å². The predicted octanol–water partition coefficient (Wildman–Crippen LogP) is 3.32. The molecule has 0 spiro atoms. The average Bonchev–Trinajstić information content (AvgIpc) is 2.32. The van der Waals surface area contributed by atoms with E-state index in [2.05, 4.69) is 5.32 Å². The van der Waals surface area contributed by atoms with Crippen LogP contribution < -0.4 is 10.1 Å².